The van der Waals surface area contributed by atoms with Gasteiger partial charge in [-0.3, -0.25) is 4.18 Å². The molecule has 0 fully saturated rings. The second kappa shape index (κ2) is 4.77. The molecule has 0 aliphatic carbocycles. The lowest BCUT2D eigenvalue weighted by Crippen LogP contribution is -1.97. The average Bonchev–Trinajstić information content (AvgIpc) is 2.51. The summed E-state index contributed by atoms with van der Waals surface area (Å²) in [7, 11) is 0. The molecule has 0 radical (unpaired) electrons. The number of hydrogen-bond donors (Lipinski definition) is 0. The van der Waals surface area contributed by atoms with Crippen molar-refractivity contribution in [2.75, 3.05) is 0 Å². The average molecular weight is 295 g/mol. The molecule has 1 atom stereocenters. The fourth-order valence-electron chi connectivity index (χ4n) is 3.03. The van der Waals surface area contributed by atoms with Gasteiger partial charge in [0.1, 0.15) is 0 Å². The second-order valence-corrected chi connectivity index (χ2v) is 5.69. The van der Waals surface area contributed by atoms with Gasteiger partial charge in [-0.2, -0.15) is 0 Å². The molecular weight excluding hydrogens is 284 g/mol. The van der Waals surface area contributed by atoms with Gasteiger partial charge in [0, 0.05) is 0 Å². The molecule has 0 aliphatic rings. The number of benzene rings is 4. The van der Waals surface area contributed by atoms with Crippen LogP contribution in [0, 0.1) is 0 Å². The van der Waals surface area contributed by atoms with Crippen LogP contribution in [0.5, 0.6) is 0 Å². The van der Waals surface area contributed by atoms with Crippen molar-refractivity contribution in [2.24, 2.45) is 0 Å². The van der Waals surface area contributed by atoms with Crippen LogP contribution in [0.1, 0.15) is 5.56 Å². The minimum Gasteiger partial charge on any atom is -0.750 e. The molecule has 0 saturated heterocycles. The lowest BCUT2D eigenvalue weighted by atomic mass is 9.92. The molecule has 0 amide bonds. The predicted octanol–water partition coefficient (Wildman–Crippen LogP) is 3.89. The Bertz CT molecular complexity index is 962. The minimum atomic E-state index is -2.50. The predicted molar refractivity (Wildman–Crippen MR) is 83.9 cm³/mol. The zero-order valence-electron chi connectivity index (χ0n) is 11.0. The third-order valence-electron chi connectivity index (χ3n) is 3.93. The molecule has 104 valence electrons. The van der Waals surface area contributed by atoms with Gasteiger partial charge in [0.05, 0.1) is 18.0 Å². The van der Waals surface area contributed by atoms with Gasteiger partial charge in [0.2, 0.25) is 0 Å². The first-order valence-corrected chi connectivity index (χ1v) is 7.62. The third-order valence-corrected chi connectivity index (χ3v) is 4.24. The van der Waals surface area contributed by atoms with Crippen molar-refractivity contribution in [2.45, 2.75) is 6.61 Å². The van der Waals surface area contributed by atoms with Gasteiger partial charge in [-0.15, -0.1) is 0 Å². The molecule has 0 bridgehead atoms. The highest BCUT2D eigenvalue weighted by Gasteiger charge is 2.10. The van der Waals surface area contributed by atoms with E-state index in [2.05, 4.69) is 30.3 Å². The number of rotatable bonds is 3. The highest BCUT2D eigenvalue weighted by atomic mass is 32.2. The zero-order chi connectivity index (χ0) is 14.4. The van der Waals surface area contributed by atoms with Gasteiger partial charge in [0.25, 0.3) is 0 Å². The van der Waals surface area contributed by atoms with Crippen LogP contribution in [0.3, 0.4) is 0 Å². The molecule has 4 heteroatoms. The van der Waals surface area contributed by atoms with Crippen LogP contribution in [-0.2, 0) is 22.2 Å². The van der Waals surface area contributed by atoms with Gasteiger partial charge in [-0.25, -0.2) is 4.21 Å². The van der Waals surface area contributed by atoms with Crippen molar-refractivity contribution in [3.05, 3.63) is 60.2 Å². The van der Waals surface area contributed by atoms with Crippen molar-refractivity contribution in [3.63, 3.8) is 0 Å². The van der Waals surface area contributed by atoms with E-state index in [0.717, 1.165) is 16.3 Å². The van der Waals surface area contributed by atoms with E-state index in [1.165, 1.54) is 21.5 Å². The van der Waals surface area contributed by atoms with Gasteiger partial charge in [-0.1, -0.05) is 54.6 Å². The van der Waals surface area contributed by atoms with E-state index in [-0.39, 0.29) is 6.61 Å². The monoisotopic (exact) mass is 295 g/mol. The summed E-state index contributed by atoms with van der Waals surface area (Å²) >= 11 is -2.50. The summed E-state index contributed by atoms with van der Waals surface area (Å²) in [6, 6.07) is 18.5. The quantitative estimate of drug-likeness (QED) is 0.425. The van der Waals surface area contributed by atoms with Crippen molar-refractivity contribution in [1.82, 2.24) is 0 Å². The Morgan fingerprint density at radius 3 is 2.19 bits per heavy atom. The Balaban J connectivity index is 2.08. The molecule has 21 heavy (non-hydrogen) atoms. The summed E-state index contributed by atoms with van der Waals surface area (Å²) in [6.07, 6.45) is 0. The summed E-state index contributed by atoms with van der Waals surface area (Å²) in [5.74, 6) is 0. The van der Waals surface area contributed by atoms with Gasteiger partial charge in [-0.05, 0) is 37.9 Å². The van der Waals surface area contributed by atoms with Crippen LogP contribution >= 0.6 is 0 Å². The maximum absolute atomic E-state index is 10.6. The summed E-state index contributed by atoms with van der Waals surface area (Å²) < 4.78 is 26.0. The first-order valence-electron chi connectivity index (χ1n) is 6.62. The highest BCUT2D eigenvalue weighted by molar-refractivity contribution is 7.74. The fraction of sp³-hybridized carbons (Fsp3) is 0.0588. The standard InChI is InChI=1S/C17H12O3S/c18-21(19)20-10-14-7-6-13-5-4-11-2-1-3-12-8-9-15(14)17(13)16(11)12/h1-9H,10H2,(H,18,19)/p-1. The summed E-state index contributed by atoms with van der Waals surface area (Å²) in [5, 5.41) is 6.97. The van der Waals surface area contributed by atoms with Gasteiger partial charge in [0.15, 0.2) is 0 Å². The molecule has 0 heterocycles. The molecule has 0 aromatic heterocycles. The topological polar surface area (TPSA) is 49.4 Å². The van der Waals surface area contributed by atoms with E-state index in [1.54, 1.807) is 0 Å². The molecule has 0 N–H and O–H groups in total. The summed E-state index contributed by atoms with van der Waals surface area (Å²) in [6.45, 7) is 0.0598. The molecule has 4 aromatic rings. The first kappa shape index (κ1) is 12.7. The van der Waals surface area contributed by atoms with Crippen LogP contribution in [0.15, 0.2) is 54.6 Å². The van der Waals surface area contributed by atoms with Crippen molar-refractivity contribution in [1.29, 1.82) is 0 Å². The zero-order valence-corrected chi connectivity index (χ0v) is 11.9. The maximum atomic E-state index is 10.6. The fourth-order valence-corrected chi connectivity index (χ4v) is 3.26. The summed E-state index contributed by atoms with van der Waals surface area (Å²) in [5.41, 5.74) is 0.880. The second-order valence-electron chi connectivity index (χ2n) is 5.05. The number of hydrogen-bond acceptors (Lipinski definition) is 3. The minimum absolute atomic E-state index is 0.0598. The Morgan fingerprint density at radius 1 is 0.857 bits per heavy atom. The molecule has 3 nitrogen and oxygen atoms in total. The van der Waals surface area contributed by atoms with Crippen LogP contribution in [0.4, 0.5) is 0 Å². The smallest absolute Gasteiger partial charge is 0.0885 e. The van der Waals surface area contributed by atoms with E-state index in [9.17, 15) is 8.76 Å². The van der Waals surface area contributed by atoms with Crippen LogP contribution in [0.2, 0.25) is 0 Å². The lowest BCUT2D eigenvalue weighted by molar-refractivity contribution is 0.292. The van der Waals surface area contributed by atoms with Gasteiger partial charge < -0.3 is 4.55 Å². The van der Waals surface area contributed by atoms with Crippen LogP contribution in [-0.4, -0.2) is 8.76 Å². The van der Waals surface area contributed by atoms with Crippen LogP contribution < -0.4 is 0 Å². The van der Waals surface area contributed by atoms with Crippen molar-refractivity contribution in [3.8, 4) is 0 Å². The van der Waals surface area contributed by atoms with Gasteiger partial charge >= 0.3 is 0 Å². The highest BCUT2D eigenvalue weighted by Crippen LogP contribution is 2.35. The normalized spacial score (nSPS) is 13.4. The molecule has 4 aromatic carbocycles. The Kier molecular flexibility index (Phi) is 2.89. The molecule has 4 rings (SSSR count). The van der Waals surface area contributed by atoms with Crippen molar-refractivity contribution < 1.29 is 12.9 Å². The first-order chi connectivity index (χ1) is 10.2. The Hall–Kier alpha value is -2.01. The van der Waals surface area contributed by atoms with E-state index in [0.29, 0.717) is 0 Å². The van der Waals surface area contributed by atoms with Crippen molar-refractivity contribution >= 4 is 43.7 Å². The van der Waals surface area contributed by atoms with E-state index < -0.39 is 11.4 Å². The van der Waals surface area contributed by atoms with E-state index in [4.69, 9.17) is 4.18 Å². The largest absolute Gasteiger partial charge is 0.750 e. The van der Waals surface area contributed by atoms with E-state index in [1.807, 2.05) is 24.3 Å². The van der Waals surface area contributed by atoms with E-state index >= 15 is 0 Å². The molecular formula is C17H11O3S-. The third kappa shape index (κ3) is 2.00. The maximum Gasteiger partial charge on any atom is 0.0885 e. The molecule has 0 saturated carbocycles. The molecule has 0 aliphatic heterocycles. The Morgan fingerprint density at radius 2 is 1.48 bits per heavy atom. The summed E-state index contributed by atoms with van der Waals surface area (Å²) in [4.78, 5) is 0. The van der Waals surface area contributed by atoms with Crippen LogP contribution in [0.25, 0.3) is 32.3 Å². The SMILES string of the molecule is O=S([O-])OCc1ccc2ccc3cccc4ccc1c2c34. The molecule has 0 spiro atoms. The Labute approximate surface area is 124 Å². The lowest BCUT2D eigenvalue weighted by Gasteiger charge is -2.14. The molecule has 1 unspecified atom stereocenters.